The average Bonchev–Trinajstić information content (AvgIpc) is 2.26. The Bertz CT molecular complexity index is 211. The van der Waals surface area contributed by atoms with Crippen molar-refractivity contribution in [2.75, 3.05) is 20.1 Å². The Labute approximate surface area is 100 Å². The molecular formula is C13H27N3. The number of hydrogen-bond donors (Lipinski definition) is 1. The first kappa shape index (κ1) is 15.2. The molecule has 3 nitrogen and oxygen atoms in total. The van der Waals surface area contributed by atoms with Gasteiger partial charge in [0.15, 0.2) is 0 Å². The van der Waals surface area contributed by atoms with Crippen molar-refractivity contribution < 1.29 is 0 Å². The van der Waals surface area contributed by atoms with E-state index in [1.54, 1.807) is 0 Å². The summed E-state index contributed by atoms with van der Waals surface area (Å²) in [6, 6.07) is 0.00998. The van der Waals surface area contributed by atoms with Crippen molar-refractivity contribution in [2.45, 2.75) is 45.6 Å². The normalized spacial score (nSPS) is 13.0. The fraction of sp³-hybridized carbons (Fsp3) is 0.769. The summed E-state index contributed by atoms with van der Waals surface area (Å²) in [5.41, 5.74) is 7.07. The van der Waals surface area contributed by atoms with Crippen LogP contribution in [0, 0.1) is 0 Å². The van der Waals surface area contributed by atoms with E-state index in [0.29, 0.717) is 6.54 Å². The molecule has 0 aromatic rings. The number of hydrogen-bond acceptors (Lipinski definition) is 2. The largest absolute Gasteiger partial charge is 0.366 e. The third kappa shape index (κ3) is 7.46. The first-order valence-electron chi connectivity index (χ1n) is 6.25. The van der Waals surface area contributed by atoms with E-state index in [0.717, 1.165) is 25.0 Å². The van der Waals surface area contributed by atoms with E-state index >= 15 is 0 Å². The van der Waals surface area contributed by atoms with Crippen LogP contribution < -0.4 is 5.73 Å². The van der Waals surface area contributed by atoms with Gasteiger partial charge in [-0.1, -0.05) is 38.8 Å². The van der Waals surface area contributed by atoms with Crippen molar-refractivity contribution in [3.05, 3.63) is 12.2 Å². The Morgan fingerprint density at radius 3 is 2.69 bits per heavy atom. The van der Waals surface area contributed by atoms with E-state index < -0.39 is 0 Å². The predicted octanol–water partition coefficient (Wildman–Crippen LogP) is 2.43. The maximum Gasteiger partial charge on any atom is 0.0848 e. The smallest absolute Gasteiger partial charge is 0.0848 e. The van der Waals surface area contributed by atoms with Crippen molar-refractivity contribution in [3.8, 4) is 0 Å². The molecule has 0 aliphatic heterocycles. The molecule has 0 saturated heterocycles. The maximum absolute atomic E-state index is 5.96. The molecule has 0 saturated carbocycles. The molecule has 0 radical (unpaired) electrons. The summed E-state index contributed by atoms with van der Waals surface area (Å²) in [5.74, 6) is 0. The zero-order valence-electron chi connectivity index (χ0n) is 11.1. The van der Waals surface area contributed by atoms with Gasteiger partial charge in [-0.15, -0.1) is 0 Å². The van der Waals surface area contributed by atoms with Crippen LogP contribution in [0.5, 0.6) is 0 Å². The highest BCUT2D eigenvalue weighted by atomic mass is 15.1. The lowest BCUT2D eigenvalue weighted by Gasteiger charge is -2.14. The van der Waals surface area contributed by atoms with Gasteiger partial charge in [0, 0.05) is 19.6 Å². The molecule has 0 aromatic heterocycles. The molecule has 0 amide bonds. The molecule has 0 aliphatic carbocycles. The molecule has 3 heteroatoms. The van der Waals surface area contributed by atoms with Crippen LogP contribution in [0.2, 0.25) is 0 Å². The molecule has 0 aromatic carbocycles. The van der Waals surface area contributed by atoms with Crippen molar-refractivity contribution in [2.24, 2.45) is 10.7 Å². The molecular weight excluding hydrogens is 198 g/mol. The van der Waals surface area contributed by atoms with Crippen molar-refractivity contribution >= 4 is 6.34 Å². The summed E-state index contributed by atoms with van der Waals surface area (Å²) >= 11 is 0. The lowest BCUT2D eigenvalue weighted by Crippen LogP contribution is -2.26. The molecule has 0 fully saturated rings. The predicted molar refractivity (Wildman–Crippen MR) is 72.9 cm³/mol. The maximum atomic E-state index is 5.96. The highest BCUT2D eigenvalue weighted by Gasteiger charge is 2.04. The van der Waals surface area contributed by atoms with Crippen molar-refractivity contribution in [1.29, 1.82) is 0 Å². The minimum absolute atomic E-state index is 0.00998. The lowest BCUT2D eigenvalue weighted by atomic mass is 10.1. The van der Waals surface area contributed by atoms with Gasteiger partial charge in [0.2, 0.25) is 0 Å². The second-order valence-electron chi connectivity index (χ2n) is 4.33. The van der Waals surface area contributed by atoms with Gasteiger partial charge in [-0.3, -0.25) is 4.99 Å². The fourth-order valence-electron chi connectivity index (χ4n) is 1.40. The molecule has 0 heterocycles. The van der Waals surface area contributed by atoms with E-state index in [1.807, 2.05) is 13.4 Å². The van der Waals surface area contributed by atoms with Gasteiger partial charge >= 0.3 is 0 Å². The van der Waals surface area contributed by atoms with Crippen LogP contribution in [0.4, 0.5) is 0 Å². The summed E-state index contributed by atoms with van der Waals surface area (Å²) in [6.45, 7) is 10.0. The Balaban J connectivity index is 3.76. The number of nitrogens with two attached hydrogens (primary N) is 1. The topological polar surface area (TPSA) is 41.6 Å². The molecule has 2 N–H and O–H groups in total. The molecule has 94 valence electrons. The Kier molecular flexibility index (Phi) is 8.91. The number of rotatable bonds is 9. The van der Waals surface area contributed by atoms with Gasteiger partial charge in [-0.25, -0.2) is 0 Å². The number of aliphatic imine (C=N–C) groups is 1. The summed E-state index contributed by atoms with van der Waals surface area (Å²) in [4.78, 5) is 6.45. The fourth-order valence-corrected chi connectivity index (χ4v) is 1.40. The summed E-state index contributed by atoms with van der Waals surface area (Å²) in [5, 5.41) is 0. The molecule has 1 atom stereocenters. The Morgan fingerprint density at radius 2 is 2.12 bits per heavy atom. The zero-order chi connectivity index (χ0) is 12.4. The van der Waals surface area contributed by atoms with Gasteiger partial charge in [-0.2, -0.15) is 0 Å². The molecule has 16 heavy (non-hydrogen) atoms. The molecule has 0 rings (SSSR count). The van der Waals surface area contributed by atoms with Crippen LogP contribution in [-0.4, -0.2) is 37.4 Å². The van der Waals surface area contributed by atoms with Crippen LogP contribution >= 0.6 is 0 Å². The molecule has 1 unspecified atom stereocenters. The number of unbranched alkanes of at least 4 members (excludes halogenated alkanes) is 1. The second kappa shape index (κ2) is 9.40. The van der Waals surface area contributed by atoms with E-state index in [1.165, 1.54) is 12.8 Å². The Morgan fingerprint density at radius 1 is 1.44 bits per heavy atom. The average molecular weight is 225 g/mol. The van der Waals surface area contributed by atoms with E-state index in [9.17, 15) is 0 Å². The first-order chi connectivity index (χ1) is 7.61. The highest BCUT2D eigenvalue weighted by Crippen LogP contribution is 2.05. The van der Waals surface area contributed by atoms with Gasteiger partial charge < -0.3 is 10.6 Å². The lowest BCUT2D eigenvalue weighted by molar-refractivity contribution is 0.495. The zero-order valence-corrected chi connectivity index (χ0v) is 11.1. The molecule has 0 bridgehead atoms. The first-order valence-corrected chi connectivity index (χ1v) is 6.25. The minimum Gasteiger partial charge on any atom is -0.366 e. The van der Waals surface area contributed by atoms with Gasteiger partial charge in [0.05, 0.1) is 12.9 Å². The van der Waals surface area contributed by atoms with Gasteiger partial charge in [0.25, 0.3) is 0 Å². The quantitative estimate of drug-likeness (QED) is 0.372. The van der Waals surface area contributed by atoms with Crippen LogP contribution in [0.1, 0.15) is 39.5 Å². The monoisotopic (exact) mass is 225 g/mol. The van der Waals surface area contributed by atoms with Gasteiger partial charge in [-0.05, 0) is 12.8 Å². The third-order valence-electron chi connectivity index (χ3n) is 2.54. The third-order valence-corrected chi connectivity index (χ3v) is 2.54. The van der Waals surface area contributed by atoms with Crippen LogP contribution in [0.15, 0.2) is 17.1 Å². The summed E-state index contributed by atoms with van der Waals surface area (Å²) in [6.07, 6.45) is 6.41. The van der Waals surface area contributed by atoms with Crippen molar-refractivity contribution in [1.82, 2.24) is 4.90 Å². The van der Waals surface area contributed by atoms with E-state index in [4.69, 9.17) is 5.73 Å². The second-order valence-corrected chi connectivity index (χ2v) is 4.33. The molecule has 0 spiro atoms. The molecule has 0 aliphatic rings. The minimum atomic E-state index is 0.00998. The van der Waals surface area contributed by atoms with Crippen LogP contribution in [-0.2, 0) is 0 Å². The van der Waals surface area contributed by atoms with E-state index in [2.05, 4.69) is 30.3 Å². The Hall–Kier alpha value is -0.830. The van der Waals surface area contributed by atoms with E-state index in [-0.39, 0.29) is 6.04 Å². The van der Waals surface area contributed by atoms with Crippen molar-refractivity contribution in [3.63, 3.8) is 0 Å². The SMILES string of the molecule is C=C(CCC)C(N)C/N=C\N(C)CCCC. The van der Waals surface area contributed by atoms with Crippen LogP contribution in [0.25, 0.3) is 0 Å². The standard InChI is InChI=1S/C13H27N3/c1-5-7-9-16(4)11-15-10-13(14)12(3)8-6-2/h11,13H,3,5-10,14H2,1-2,4H3/b15-11-. The van der Waals surface area contributed by atoms with Gasteiger partial charge in [0.1, 0.15) is 0 Å². The summed E-state index contributed by atoms with van der Waals surface area (Å²) < 4.78 is 0. The highest BCUT2D eigenvalue weighted by molar-refractivity contribution is 5.54. The summed E-state index contributed by atoms with van der Waals surface area (Å²) in [7, 11) is 2.05. The van der Waals surface area contributed by atoms with Crippen LogP contribution in [0.3, 0.4) is 0 Å². The number of nitrogens with zero attached hydrogens (tertiary/aromatic N) is 2.